The summed E-state index contributed by atoms with van der Waals surface area (Å²) in [5, 5.41) is 6.91. The van der Waals surface area contributed by atoms with Gasteiger partial charge in [0.1, 0.15) is 12.7 Å². The van der Waals surface area contributed by atoms with Crippen LogP contribution in [-0.4, -0.2) is 52.0 Å². The van der Waals surface area contributed by atoms with Crippen molar-refractivity contribution in [1.82, 2.24) is 10.6 Å². The van der Waals surface area contributed by atoms with Crippen LogP contribution in [0.4, 0.5) is 0 Å². The molecule has 2 N–H and O–H groups in total. The monoisotopic (exact) mass is 503 g/mol. The summed E-state index contributed by atoms with van der Waals surface area (Å²) in [6.07, 6.45) is 6.23. The maximum Gasteiger partial charge on any atom is 0.191 e. The first-order chi connectivity index (χ1) is 13.2. The highest BCUT2D eigenvalue weighted by molar-refractivity contribution is 14.0. The SMILES string of the molecule is CCOCCC1(CNC(=NC)NCC2COc3ccccc3O2)CCCC1.I. The zero-order valence-corrected chi connectivity index (χ0v) is 19.4. The van der Waals surface area contributed by atoms with Crippen molar-refractivity contribution in [2.24, 2.45) is 10.4 Å². The molecular weight excluding hydrogens is 469 g/mol. The molecule has 28 heavy (non-hydrogen) atoms. The number of aliphatic imine (C=N–C) groups is 1. The average Bonchev–Trinajstić information content (AvgIpc) is 3.17. The lowest BCUT2D eigenvalue weighted by molar-refractivity contribution is 0.0933. The van der Waals surface area contributed by atoms with Gasteiger partial charge in [0.25, 0.3) is 0 Å². The van der Waals surface area contributed by atoms with Gasteiger partial charge in [-0.1, -0.05) is 25.0 Å². The van der Waals surface area contributed by atoms with E-state index >= 15 is 0 Å². The molecule has 1 aliphatic carbocycles. The molecule has 1 fully saturated rings. The standard InChI is InChI=1S/C21H33N3O3.HI/c1-3-25-13-12-21(10-6-7-11-21)16-24-20(22-2)23-14-17-15-26-18-8-4-5-9-19(18)27-17;/h4-5,8-9,17H,3,6-7,10-16H2,1-2H3,(H2,22,23,24);1H. The number of nitrogens with zero attached hydrogens (tertiary/aromatic N) is 1. The molecule has 0 spiro atoms. The number of hydrogen-bond donors (Lipinski definition) is 2. The van der Waals surface area contributed by atoms with Crippen molar-refractivity contribution in [2.45, 2.75) is 45.1 Å². The quantitative estimate of drug-likeness (QED) is 0.246. The first-order valence-corrected chi connectivity index (χ1v) is 10.2. The fourth-order valence-electron chi connectivity index (χ4n) is 3.94. The Hall–Kier alpha value is -1.22. The minimum Gasteiger partial charge on any atom is -0.486 e. The molecule has 0 saturated heterocycles. The summed E-state index contributed by atoms with van der Waals surface area (Å²) in [7, 11) is 1.81. The van der Waals surface area contributed by atoms with Crippen LogP contribution in [0.15, 0.2) is 29.3 Å². The summed E-state index contributed by atoms with van der Waals surface area (Å²) < 4.78 is 17.4. The molecule has 1 aromatic carbocycles. The number of ether oxygens (including phenoxy) is 3. The Balaban J connectivity index is 0.00000280. The van der Waals surface area contributed by atoms with Gasteiger partial charge in [-0.3, -0.25) is 4.99 Å². The van der Waals surface area contributed by atoms with E-state index in [1.807, 2.05) is 31.3 Å². The molecule has 1 unspecified atom stereocenters. The fraction of sp³-hybridized carbons (Fsp3) is 0.667. The van der Waals surface area contributed by atoms with Gasteiger partial charge in [0.05, 0.1) is 6.54 Å². The number of nitrogens with one attached hydrogen (secondary N) is 2. The number of rotatable bonds is 8. The van der Waals surface area contributed by atoms with Crippen LogP contribution in [-0.2, 0) is 4.74 Å². The number of hydrogen-bond acceptors (Lipinski definition) is 4. The summed E-state index contributed by atoms with van der Waals surface area (Å²) in [5.74, 6) is 2.44. The first-order valence-electron chi connectivity index (χ1n) is 10.2. The van der Waals surface area contributed by atoms with Crippen molar-refractivity contribution in [1.29, 1.82) is 0 Å². The smallest absolute Gasteiger partial charge is 0.191 e. The lowest BCUT2D eigenvalue weighted by atomic mass is 9.83. The van der Waals surface area contributed by atoms with E-state index in [2.05, 4.69) is 22.5 Å². The van der Waals surface area contributed by atoms with Crippen LogP contribution >= 0.6 is 24.0 Å². The van der Waals surface area contributed by atoms with Crippen LogP contribution in [0.1, 0.15) is 39.0 Å². The van der Waals surface area contributed by atoms with E-state index in [1.54, 1.807) is 0 Å². The Morgan fingerprint density at radius 1 is 1.21 bits per heavy atom. The summed E-state index contributed by atoms with van der Waals surface area (Å²) >= 11 is 0. The van der Waals surface area contributed by atoms with Gasteiger partial charge in [-0.05, 0) is 43.7 Å². The van der Waals surface area contributed by atoms with Gasteiger partial charge >= 0.3 is 0 Å². The third kappa shape index (κ3) is 6.40. The Labute approximate surface area is 185 Å². The number of benzene rings is 1. The van der Waals surface area contributed by atoms with E-state index in [-0.39, 0.29) is 30.1 Å². The Morgan fingerprint density at radius 2 is 1.96 bits per heavy atom. The van der Waals surface area contributed by atoms with Gasteiger partial charge in [-0.15, -0.1) is 24.0 Å². The molecule has 1 aliphatic heterocycles. The molecule has 1 aromatic rings. The van der Waals surface area contributed by atoms with Crippen molar-refractivity contribution >= 4 is 29.9 Å². The molecule has 1 heterocycles. The zero-order valence-electron chi connectivity index (χ0n) is 17.0. The van der Waals surface area contributed by atoms with Crippen LogP contribution in [0.5, 0.6) is 11.5 Å². The van der Waals surface area contributed by atoms with Gasteiger partial charge in [0.15, 0.2) is 17.5 Å². The van der Waals surface area contributed by atoms with Crippen LogP contribution in [0.25, 0.3) is 0 Å². The molecule has 0 radical (unpaired) electrons. The van der Waals surface area contributed by atoms with Crippen molar-refractivity contribution in [3.63, 3.8) is 0 Å². The van der Waals surface area contributed by atoms with E-state index in [9.17, 15) is 0 Å². The average molecular weight is 503 g/mol. The molecule has 2 aliphatic rings. The number of fused-ring (bicyclic) bond motifs is 1. The third-order valence-electron chi connectivity index (χ3n) is 5.56. The van der Waals surface area contributed by atoms with E-state index < -0.39 is 0 Å². The molecule has 0 bridgehead atoms. The highest BCUT2D eigenvalue weighted by Gasteiger charge is 2.33. The normalized spacial score (nSPS) is 20.4. The van der Waals surface area contributed by atoms with Crippen LogP contribution in [0.3, 0.4) is 0 Å². The maximum atomic E-state index is 6.00. The molecule has 0 aromatic heterocycles. The summed E-state index contributed by atoms with van der Waals surface area (Å²) in [6.45, 7) is 5.82. The lowest BCUT2D eigenvalue weighted by Gasteiger charge is -2.31. The fourth-order valence-corrected chi connectivity index (χ4v) is 3.94. The van der Waals surface area contributed by atoms with Gasteiger partial charge in [0.2, 0.25) is 0 Å². The predicted octanol–water partition coefficient (Wildman–Crippen LogP) is 3.60. The second kappa shape index (κ2) is 11.7. The maximum absolute atomic E-state index is 6.00. The van der Waals surface area contributed by atoms with Crippen molar-refractivity contribution in [2.75, 3.05) is 40.0 Å². The second-order valence-electron chi connectivity index (χ2n) is 7.46. The Morgan fingerprint density at radius 3 is 2.68 bits per heavy atom. The number of para-hydroxylation sites is 2. The summed E-state index contributed by atoms with van der Waals surface area (Å²) in [6, 6.07) is 7.79. The molecule has 1 saturated carbocycles. The molecule has 158 valence electrons. The van der Waals surface area contributed by atoms with E-state index in [0.717, 1.165) is 43.6 Å². The minimum absolute atomic E-state index is 0. The highest BCUT2D eigenvalue weighted by atomic mass is 127. The van der Waals surface area contributed by atoms with Gasteiger partial charge in [-0.2, -0.15) is 0 Å². The van der Waals surface area contributed by atoms with Crippen LogP contribution in [0.2, 0.25) is 0 Å². The molecule has 6 nitrogen and oxygen atoms in total. The minimum atomic E-state index is -0.0307. The summed E-state index contributed by atoms with van der Waals surface area (Å²) in [5.41, 5.74) is 0.330. The molecule has 7 heteroatoms. The molecule has 1 atom stereocenters. The first kappa shape index (κ1) is 23.1. The van der Waals surface area contributed by atoms with Gasteiger partial charge in [0, 0.05) is 26.8 Å². The lowest BCUT2D eigenvalue weighted by Crippen LogP contribution is -2.47. The molecule has 0 amide bonds. The van der Waals surface area contributed by atoms with Crippen LogP contribution < -0.4 is 20.1 Å². The van der Waals surface area contributed by atoms with E-state index in [0.29, 0.717) is 18.6 Å². The van der Waals surface area contributed by atoms with Gasteiger partial charge in [-0.25, -0.2) is 0 Å². The van der Waals surface area contributed by atoms with Crippen molar-refractivity contribution < 1.29 is 14.2 Å². The zero-order chi connectivity index (χ0) is 19.0. The highest BCUT2D eigenvalue weighted by Crippen LogP contribution is 2.40. The topological polar surface area (TPSA) is 64.1 Å². The van der Waals surface area contributed by atoms with Crippen molar-refractivity contribution in [3.05, 3.63) is 24.3 Å². The number of guanidine groups is 1. The second-order valence-corrected chi connectivity index (χ2v) is 7.46. The Bertz CT molecular complexity index is 621. The van der Waals surface area contributed by atoms with E-state index in [1.165, 1.54) is 25.7 Å². The number of halogens is 1. The molecule has 3 rings (SSSR count). The van der Waals surface area contributed by atoms with Crippen molar-refractivity contribution in [3.8, 4) is 11.5 Å². The predicted molar refractivity (Wildman–Crippen MR) is 123 cm³/mol. The summed E-state index contributed by atoms with van der Waals surface area (Å²) in [4.78, 5) is 4.37. The third-order valence-corrected chi connectivity index (χ3v) is 5.56. The Kier molecular flexibility index (Phi) is 9.64. The van der Waals surface area contributed by atoms with Gasteiger partial charge < -0.3 is 24.8 Å². The van der Waals surface area contributed by atoms with E-state index in [4.69, 9.17) is 14.2 Å². The molecular formula is C21H34IN3O3. The largest absolute Gasteiger partial charge is 0.486 e. The van der Waals surface area contributed by atoms with Crippen LogP contribution in [0, 0.1) is 5.41 Å².